The molecule has 338 valence electrons. The van der Waals surface area contributed by atoms with Crippen molar-refractivity contribution in [3.63, 3.8) is 0 Å². The number of primary amides is 1. The van der Waals surface area contributed by atoms with Crippen LogP contribution in [0.25, 0.3) is 0 Å². The van der Waals surface area contributed by atoms with Gasteiger partial charge in [0.25, 0.3) is 0 Å². The van der Waals surface area contributed by atoms with Crippen LogP contribution >= 0.6 is 0 Å². The van der Waals surface area contributed by atoms with Gasteiger partial charge in [0, 0.05) is 18.9 Å². The van der Waals surface area contributed by atoms with Crippen LogP contribution < -0.4 is 60.6 Å². The quantitative estimate of drug-likeness (QED) is 0.0431. The molecule has 0 bridgehead atoms. The molecule has 0 aromatic heterocycles. The lowest BCUT2D eigenvalue weighted by Gasteiger charge is -2.30. The third kappa shape index (κ3) is 15.0. The van der Waals surface area contributed by atoms with Crippen molar-refractivity contribution < 1.29 is 52.2 Å². The van der Waals surface area contributed by atoms with Crippen molar-refractivity contribution in [2.24, 2.45) is 34.6 Å². The molecular formula is C39H58F3N11O8. The number of nitrogens with two attached hydrogens (primary N) is 5. The van der Waals surface area contributed by atoms with Gasteiger partial charge in [-0.25, -0.2) is 0 Å². The van der Waals surface area contributed by atoms with Crippen LogP contribution in [-0.4, -0.2) is 120 Å². The molecule has 3 rings (SSSR count). The lowest BCUT2D eigenvalue weighted by molar-refractivity contribution is -0.137. The zero-order chi connectivity index (χ0) is 45.5. The average Bonchev–Trinajstić information content (AvgIpc) is 3.92. The van der Waals surface area contributed by atoms with E-state index < -0.39 is 108 Å². The highest BCUT2D eigenvalue weighted by molar-refractivity contribution is 5.99. The fraction of sp³-hybridized carbons (Fsp3) is 0.538. The fourth-order valence-corrected chi connectivity index (χ4v) is 6.55. The Labute approximate surface area is 350 Å². The number of amides is 6. The number of aliphatic hydroxyl groups excluding tert-OH is 2. The van der Waals surface area contributed by atoms with Crippen LogP contribution in [0.3, 0.4) is 0 Å². The third-order valence-corrected chi connectivity index (χ3v) is 10.2. The van der Waals surface area contributed by atoms with E-state index in [1.807, 2.05) is 0 Å². The highest BCUT2D eigenvalue weighted by Gasteiger charge is 2.61. The summed E-state index contributed by atoms with van der Waals surface area (Å²) in [6.45, 7) is 1.01. The summed E-state index contributed by atoms with van der Waals surface area (Å²) < 4.78 is 39.4. The summed E-state index contributed by atoms with van der Waals surface area (Å²) in [5, 5.41) is 36.8. The summed E-state index contributed by atoms with van der Waals surface area (Å²) in [5.41, 5.74) is 26.8. The molecule has 2 aromatic carbocycles. The lowest BCUT2D eigenvalue weighted by Crippen LogP contribution is -2.61. The second-order valence-electron chi connectivity index (χ2n) is 15.0. The minimum absolute atomic E-state index is 0.0176. The Morgan fingerprint density at radius 2 is 1.46 bits per heavy atom. The average molecular weight is 866 g/mol. The first kappa shape index (κ1) is 50.1. The number of benzene rings is 2. The van der Waals surface area contributed by atoms with Crippen LogP contribution in [0.2, 0.25) is 0 Å². The summed E-state index contributed by atoms with van der Waals surface area (Å²) in [5.74, 6) is -5.36. The Hall–Kier alpha value is -5.23. The second-order valence-corrected chi connectivity index (χ2v) is 15.0. The normalized spacial score (nSPS) is 19.5. The van der Waals surface area contributed by atoms with Gasteiger partial charge >= 0.3 is 6.18 Å². The lowest BCUT2D eigenvalue weighted by atomic mass is 10.0. The minimum atomic E-state index is -4.61. The molecule has 0 saturated heterocycles. The topological polar surface area (TPSA) is 345 Å². The van der Waals surface area contributed by atoms with Gasteiger partial charge in [0.05, 0.1) is 30.2 Å². The predicted octanol–water partition coefficient (Wildman–Crippen LogP) is -3.55. The number of aliphatic hydroxyl groups is 2. The maximum Gasteiger partial charge on any atom is 0.416 e. The zero-order valence-corrected chi connectivity index (χ0v) is 33.8. The van der Waals surface area contributed by atoms with E-state index in [4.69, 9.17) is 28.7 Å². The van der Waals surface area contributed by atoms with Crippen molar-refractivity contribution in [3.05, 3.63) is 71.3 Å². The van der Waals surface area contributed by atoms with Crippen LogP contribution in [-0.2, 0) is 47.8 Å². The van der Waals surface area contributed by atoms with Gasteiger partial charge in [-0.3, -0.25) is 34.1 Å². The van der Waals surface area contributed by atoms with Gasteiger partial charge in [0.2, 0.25) is 35.4 Å². The van der Waals surface area contributed by atoms with Crippen molar-refractivity contribution in [2.75, 3.05) is 26.2 Å². The van der Waals surface area contributed by atoms with Crippen LogP contribution in [0.15, 0.2) is 54.6 Å². The molecule has 6 amide bonds. The largest absolute Gasteiger partial charge is 0.416 e. The SMILES string of the molecule is C[C@@H](O)[C@H](NC(O)[C@H](CCN)NC(=O)[C@@H](N)CCN)C(=O)NCC[C@H](NC(=O)Cc1ccc(C(F)(F)F)cc1)C(=O)NC1(C(=O)N[C@H](Cc2ccccc2)C(N)=O)CC1CN. The maximum atomic E-state index is 14.0. The number of halogens is 3. The van der Waals surface area contributed by atoms with Crippen LogP contribution in [0, 0.1) is 5.92 Å². The molecule has 0 radical (unpaired) electrons. The molecule has 3 unspecified atom stereocenters. The van der Waals surface area contributed by atoms with Gasteiger partial charge < -0.3 is 65.5 Å². The highest BCUT2D eigenvalue weighted by atomic mass is 19.4. The molecule has 9 atom stereocenters. The number of carbonyl (C=O) groups excluding carboxylic acids is 6. The number of rotatable bonds is 25. The molecule has 1 aliphatic carbocycles. The van der Waals surface area contributed by atoms with Crippen molar-refractivity contribution in [3.8, 4) is 0 Å². The molecule has 0 aliphatic heterocycles. The van der Waals surface area contributed by atoms with Gasteiger partial charge in [0.1, 0.15) is 29.9 Å². The first-order chi connectivity index (χ1) is 28.8. The van der Waals surface area contributed by atoms with E-state index in [0.717, 1.165) is 24.3 Å². The molecule has 61 heavy (non-hydrogen) atoms. The van der Waals surface area contributed by atoms with E-state index in [-0.39, 0.29) is 63.8 Å². The summed E-state index contributed by atoms with van der Waals surface area (Å²) in [7, 11) is 0. The first-order valence-electron chi connectivity index (χ1n) is 19.7. The Bertz CT molecular complexity index is 1790. The van der Waals surface area contributed by atoms with Crippen molar-refractivity contribution in [2.45, 2.75) is 99.7 Å². The van der Waals surface area contributed by atoms with E-state index in [1.54, 1.807) is 30.3 Å². The molecular weight excluding hydrogens is 807 g/mol. The number of carbonyl (C=O) groups is 6. The van der Waals surface area contributed by atoms with Gasteiger partial charge in [-0.2, -0.15) is 13.2 Å². The molecule has 1 aliphatic rings. The summed E-state index contributed by atoms with van der Waals surface area (Å²) in [4.78, 5) is 79.2. The predicted molar refractivity (Wildman–Crippen MR) is 216 cm³/mol. The summed E-state index contributed by atoms with van der Waals surface area (Å²) in [6.07, 6.45) is -8.09. The Morgan fingerprint density at radius 1 is 0.820 bits per heavy atom. The minimum Gasteiger partial charge on any atom is -0.391 e. The van der Waals surface area contributed by atoms with Crippen LogP contribution in [0.5, 0.6) is 0 Å². The van der Waals surface area contributed by atoms with E-state index in [9.17, 15) is 52.2 Å². The standard InChI is InChI=1S/C39H58F3N11O8/c1-21(54)31(52-34(58)27(12-15-44)50-33(57)26(46)11-14-43)36(60)48-16-13-28(49-30(55)18-23-7-9-24(10-8-23)39(40,41)42)35(59)53-38(19-25(38)20-45)37(61)51-29(32(47)56)17-22-5-3-2-4-6-22/h2-10,21,25-29,31,34,52,54,58H,11-20,43-46H2,1H3,(H2,47,56)(H,48,60)(H,49,55)(H,50,57)(H,51,61)(H,53,59)/t21-,25?,26+,27+,28+,29-,31+,34?,38?/m1/s1. The molecule has 2 aromatic rings. The van der Waals surface area contributed by atoms with Crippen molar-refractivity contribution in [1.82, 2.24) is 31.9 Å². The third-order valence-electron chi connectivity index (χ3n) is 10.2. The monoisotopic (exact) mass is 865 g/mol. The van der Waals surface area contributed by atoms with Crippen LogP contribution in [0.1, 0.15) is 49.3 Å². The number of hydrogen-bond donors (Lipinski definition) is 13. The van der Waals surface area contributed by atoms with E-state index >= 15 is 0 Å². The highest BCUT2D eigenvalue weighted by Crippen LogP contribution is 2.43. The van der Waals surface area contributed by atoms with Gasteiger partial charge in [-0.05, 0) is 75.5 Å². The zero-order valence-electron chi connectivity index (χ0n) is 33.8. The summed E-state index contributed by atoms with van der Waals surface area (Å²) >= 11 is 0. The first-order valence-corrected chi connectivity index (χ1v) is 19.7. The summed E-state index contributed by atoms with van der Waals surface area (Å²) in [6, 6.07) is 6.40. The molecule has 0 spiro atoms. The molecule has 1 fully saturated rings. The maximum absolute atomic E-state index is 14.0. The Balaban J connectivity index is 1.79. The van der Waals surface area contributed by atoms with Crippen LogP contribution in [0.4, 0.5) is 13.2 Å². The van der Waals surface area contributed by atoms with E-state index in [2.05, 4.69) is 31.9 Å². The molecule has 1 saturated carbocycles. The molecule has 18 N–H and O–H groups in total. The van der Waals surface area contributed by atoms with Gasteiger partial charge in [-0.1, -0.05) is 42.5 Å². The Kier molecular flexibility index (Phi) is 19.0. The molecule has 19 nitrogen and oxygen atoms in total. The fourth-order valence-electron chi connectivity index (χ4n) is 6.55. The van der Waals surface area contributed by atoms with Gasteiger partial charge in [0.15, 0.2) is 0 Å². The molecule has 22 heteroatoms. The number of nitrogens with one attached hydrogen (secondary N) is 6. The van der Waals surface area contributed by atoms with E-state index in [0.29, 0.717) is 5.56 Å². The van der Waals surface area contributed by atoms with Crippen molar-refractivity contribution in [1.29, 1.82) is 0 Å². The van der Waals surface area contributed by atoms with Crippen molar-refractivity contribution >= 4 is 35.4 Å². The number of hydrogen-bond acceptors (Lipinski definition) is 13. The van der Waals surface area contributed by atoms with E-state index in [1.165, 1.54) is 6.92 Å². The Morgan fingerprint density at radius 3 is 2.00 bits per heavy atom. The van der Waals surface area contributed by atoms with Gasteiger partial charge in [-0.15, -0.1) is 0 Å². The number of alkyl halides is 3. The molecule has 0 heterocycles. The smallest absolute Gasteiger partial charge is 0.391 e. The second kappa shape index (κ2) is 23.1.